The van der Waals surface area contributed by atoms with Gasteiger partial charge in [-0.1, -0.05) is 74.5 Å². The van der Waals surface area contributed by atoms with E-state index in [4.69, 9.17) is 21.3 Å². The van der Waals surface area contributed by atoms with Gasteiger partial charge in [0.1, 0.15) is 36.8 Å². The fourth-order valence-corrected chi connectivity index (χ4v) is 4.11. The van der Waals surface area contributed by atoms with Crippen molar-refractivity contribution in [2.45, 2.75) is 70.4 Å². The quantitative estimate of drug-likeness (QED) is 0.104. The van der Waals surface area contributed by atoms with Crippen molar-refractivity contribution in [3.05, 3.63) is 71.8 Å². The number of nitrogens with one attached hydrogen (secondary N) is 4. The van der Waals surface area contributed by atoms with Crippen LogP contribution in [0.4, 0.5) is 0 Å². The van der Waals surface area contributed by atoms with Crippen molar-refractivity contribution in [1.82, 2.24) is 21.3 Å². The lowest BCUT2D eigenvalue weighted by atomic mass is 10.00. The van der Waals surface area contributed by atoms with Crippen molar-refractivity contribution >= 4 is 35.5 Å². The zero-order valence-electron chi connectivity index (χ0n) is 25.5. The molecule has 0 heterocycles. The molecule has 0 aliphatic rings. The van der Waals surface area contributed by atoms with E-state index >= 15 is 0 Å². The summed E-state index contributed by atoms with van der Waals surface area (Å²) in [5.74, 6) is -5.29. The number of rotatable bonds is 17. The SMILES string of the molecule is CC(C)[C@H](NC(=O)[C@H](CC(N)=O)NC(=O)[C@@H](N)CO)C(=O)N[C@H](Cc1ccccc1)C(=O)N[C@@H](C)C(=O)OCc1ccccc1. The van der Waals surface area contributed by atoms with E-state index in [-0.39, 0.29) is 13.0 Å². The van der Waals surface area contributed by atoms with E-state index in [0.717, 1.165) is 5.56 Å². The Bertz CT molecular complexity index is 1310. The second-order valence-corrected chi connectivity index (χ2v) is 10.8. The van der Waals surface area contributed by atoms with Gasteiger partial charge in [-0.05, 0) is 24.0 Å². The van der Waals surface area contributed by atoms with E-state index in [1.807, 2.05) is 6.07 Å². The standard InChI is InChI=1S/C31H42N6O8/c1-18(2)26(37-29(42)24(15-25(33)39)35-27(40)22(32)16-38)30(43)36-23(14-20-10-6-4-7-11-20)28(41)34-19(3)31(44)45-17-21-12-8-5-9-13-21/h4-13,18-19,22-24,26,38H,14-17,32H2,1-3H3,(H2,33,39)(H,34,41)(H,35,40)(H,36,43)(H,37,42)/t19-,22-,23+,24-,26-/m0/s1. The van der Waals surface area contributed by atoms with Crippen LogP contribution in [0.25, 0.3) is 0 Å². The van der Waals surface area contributed by atoms with E-state index < -0.39 is 84.7 Å². The summed E-state index contributed by atoms with van der Waals surface area (Å²) in [7, 11) is 0. The average molecular weight is 627 g/mol. The van der Waals surface area contributed by atoms with Gasteiger partial charge in [0, 0.05) is 6.42 Å². The van der Waals surface area contributed by atoms with E-state index in [2.05, 4.69) is 21.3 Å². The molecule has 244 valence electrons. The summed E-state index contributed by atoms with van der Waals surface area (Å²) in [5, 5.41) is 19.1. The number of primary amides is 1. The molecule has 9 N–H and O–H groups in total. The maximum absolute atomic E-state index is 13.5. The minimum Gasteiger partial charge on any atom is -0.459 e. The van der Waals surface area contributed by atoms with Crippen LogP contribution in [0.15, 0.2) is 60.7 Å². The number of ether oxygens (including phenoxy) is 1. The van der Waals surface area contributed by atoms with Crippen LogP contribution in [0.5, 0.6) is 0 Å². The lowest BCUT2D eigenvalue weighted by molar-refractivity contribution is -0.148. The molecule has 0 spiro atoms. The molecule has 0 saturated carbocycles. The Labute approximate surface area is 261 Å². The molecule has 45 heavy (non-hydrogen) atoms. The number of aliphatic hydroxyl groups excluding tert-OH is 1. The molecule has 0 aliphatic carbocycles. The molecule has 2 aromatic rings. The first-order valence-corrected chi connectivity index (χ1v) is 14.4. The van der Waals surface area contributed by atoms with Crippen molar-refractivity contribution in [2.24, 2.45) is 17.4 Å². The molecule has 5 amide bonds. The van der Waals surface area contributed by atoms with Crippen LogP contribution in [-0.4, -0.2) is 77.4 Å². The molecule has 2 aromatic carbocycles. The molecule has 0 fully saturated rings. The molecule has 2 rings (SSSR count). The van der Waals surface area contributed by atoms with Gasteiger partial charge in [-0.15, -0.1) is 0 Å². The molecule has 0 aliphatic heterocycles. The second kappa shape index (κ2) is 18.1. The van der Waals surface area contributed by atoms with Gasteiger partial charge in [-0.3, -0.25) is 24.0 Å². The summed E-state index contributed by atoms with van der Waals surface area (Å²) in [6, 6.07) is 11.6. The van der Waals surface area contributed by atoms with Crippen molar-refractivity contribution < 1.29 is 38.6 Å². The van der Waals surface area contributed by atoms with Crippen molar-refractivity contribution in [3.63, 3.8) is 0 Å². The minimum atomic E-state index is -1.48. The van der Waals surface area contributed by atoms with Crippen molar-refractivity contribution in [2.75, 3.05) is 6.61 Å². The Kier molecular flexibility index (Phi) is 14.6. The second-order valence-electron chi connectivity index (χ2n) is 10.8. The van der Waals surface area contributed by atoms with Crippen LogP contribution in [0.1, 0.15) is 38.3 Å². The molecule has 14 nitrogen and oxygen atoms in total. The summed E-state index contributed by atoms with van der Waals surface area (Å²) in [4.78, 5) is 76.3. The van der Waals surface area contributed by atoms with E-state index in [1.54, 1.807) is 68.4 Å². The Balaban J connectivity index is 2.18. The maximum Gasteiger partial charge on any atom is 0.328 e. The number of hydrogen-bond donors (Lipinski definition) is 7. The number of benzene rings is 2. The highest BCUT2D eigenvalue weighted by Crippen LogP contribution is 2.09. The van der Waals surface area contributed by atoms with Crippen molar-refractivity contribution in [3.8, 4) is 0 Å². The maximum atomic E-state index is 13.5. The van der Waals surface area contributed by atoms with Crippen LogP contribution >= 0.6 is 0 Å². The number of hydrogen-bond acceptors (Lipinski definition) is 9. The summed E-state index contributed by atoms with van der Waals surface area (Å²) in [5.41, 5.74) is 12.2. The van der Waals surface area contributed by atoms with Gasteiger partial charge in [0.15, 0.2) is 0 Å². The van der Waals surface area contributed by atoms with Crippen molar-refractivity contribution in [1.29, 1.82) is 0 Å². The van der Waals surface area contributed by atoms with Gasteiger partial charge < -0.3 is 42.6 Å². The molecular formula is C31H42N6O8. The Hall–Kier alpha value is -4.82. The Morgan fingerprint density at radius 2 is 1.27 bits per heavy atom. The molecule has 0 radical (unpaired) electrons. The molecule has 5 atom stereocenters. The lowest BCUT2D eigenvalue weighted by Gasteiger charge is -2.28. The zero-order chi connectivity index (χ0) is 33.5. The van der Waals surface area contributed by atoms with E-state index in [0.29, 0.717) is 5.56 Å². The number of nitrogens with two attached hydrogens (primary N) is 2. The monoisotopic (exact) mass is 626 g/mol. The smallest absolute Gasteiger partial charge is 0.328 e. The van der Waals surface area contributed by atoms with Gasteiger partial charge in [0.05, 0.1) is 13.0 Å². The van der Waals surface area contributed by atoms with Crippen LogP contribution in [0.2, 0.25) is 0 Å². The number of carbonyl (C=O) groups excluding carboxylic acids is 6. The number of aliphatic hydroxyl groups is 1. The van der Waals surface area contributed by atoms with E-state index in [1.165, 1.54) is 6.92 Å². The fourth-order valence-electron chi connectivity index (χ4n) is 4.11. The first-order chi connectivity index (χ1) is 21.3. The fraction of sp³-hybridized carbons (Fsp3) is 0.419. The third kappa shape index (κ3) is 12.4. The number of amides is 5. The Morgan fingerprint density at radius 3 is 1.80 bits per heavy atom. The highest BCUT2D eigenvalue weighted by Gasteiger charge is 2.33. The number of carbonyl (C=O) groups is 6. The molecule has 0 unspecified atom stereocenters. The van der Waals surface area contributed by atoms with Gasteiger partial charge in [0.25, 0.3) is 0 Å². The van der Waals surface area contributed by atoms with E-state index in [9.17, 15) is 28.8 Å². The normalized spacial score (nSPS) is 14.2. The Morgan fingerprint density at radius 1 is 0.733 bits per heavy atom. The predicted octanol–water partition coefficient (Wildman–Crippen LogP) is -1.22. The minimum absolute atomic E-state index is 0.0168. The summed E-state index contributed by atoms with van der Waals surface area (Å²) in [6.07, 6.45) is -0.540. The van der Waals surface area contributed by atoms with Crippen LogP contribution in [-0.2, 0) is 46.5 Å². The molecular weight excluding hydrogens is 584 g/mol. The molecule has 0 bridgehead atoms. The third-order valence-corrected chi connectivity index (χ3v) is 6.67. The first kappa shape index (κ1) is 36.4. The third-order valence-electron chi connectivity index (χ3n) is 6.67. The predicted molar refractivity (Wildman–Crippen MR) is 163 cm³/mol. The molecule has 0 saturated heterocycles. The average Bonchev–Trinajstić information content (AvgIpc) is 3.01. The largest absolute Gasteiger partial charge is 0.459 e. The van der Waals surface area contributed by atoms with Gasteiger partial charge >= 0.3 is 5.97 Å². The zero-order valence-corrected chi connectivity index (χ0v) is 25.5. The first-order valence-electron chi connectivity index (χ1n) is 14.4. The highest BCUT2D eigenvalue weighted by atomic mass is 16.5. The summed E-state index contributed by atoms with van der Waals surface area (Å²) >= 11 is 0. The molecule has 0 aromatic heterocycles. The highest BCUT2D eigenvalue weighted by molar-refractivity contribution is 5.97. The van der Waals surface area contributed by atoms with Gasteiger partial charge in [-0.2, -0.15) is 0 Å². The van der Waals surface area contributed by atoms with Crippen LogP contribution in [0, 0.1) is 5.92 Å². The van der Waals surface area contributed by atoms with Crippen LogP contribution < -0.4 is 32.7 Å². The molecule has 14 heteroatoms. The summed E-state index contributed by atoms with van der Waals surface area (Å²) < 4.78 is 5.31. The van der Waals surface area contributed by atoms with Gasteiger partial charge in [0.2, 0.25) is 29.5 Å². The van der Waals surface area contributed by atoms with Gasteiger partial charge in [-0.25, -0.2) is 4.79 Å². The lowest BCUT2D eigenvalue weighted by Crippen LogP contribution is -2.60. The summed E-state index contributed by atoms with van der Waals surface area (Å²) in [6.45, 7) is 4.06. The number of esters is 1. The topological polar surface area (TPSA) is 232 Å². The van der Waals surface area contributed by atoms with Crippen LogP contribution in [0.3, 0.4) is 0 Å².